The van der Waals surface area contributed by atoms with E-state index in [4.69, 9.17) is 14.2 Å². The molecule has 11 heteroatoms. The van der Waals surface area contributed by atoms with E-state index in [2.05, 4.69) is 10.3 Å². The van der Waals surface area contributed by atoms with E-state index in [-0.39, 0.29) is 36.8 Å². The number of fused-ring (bicyclic) bond motifs is 5. The maximum atomic E-state index is 13.4. The topological polar surface area (TPSA) is 110 Å². The third-order valence-corrected chi connectivity index (χ3v) is 8.40. The van der Waals surface area contributed by atoms with Crippen LogP contribution < -0.4 is 14.8 Å². The predicted octanol–water partition coefficient (Wildman–Crippen LogP) is 3.88. The van der Waals surface area contributed by atoms with E-state index in [0.29, 0.717) is 55.5 Å². The van der Waals surface area contributed by atoms with Crippen LogP contribution in [-0.4, -0.2) is 77.9 Å². The lowest BCUT2D eigenvalue weighted by Crippen LogP contribution is -2.58. The maximum absolute atomic E-state index is 13.4. The molecule has 2 aromatic carbocycles. The van der Waals surface area contributed by atoms with E-state index in [1.807, 2.05) is 45.0 Å². The van der Waals surface area contributed by atoms with Crippen molar-refractivity contribution in [1.29, 1.82) is 0 Å². The summed E-state index contributed by atoms with van der Waals surface area (Å²) in [6.45, 7) is 7.11. The number of amides is 3. The molecule has 2 aliphatic rings. The molecule has 5 rings (SSSR count). The van der Waals surface area contributed by atoms with Crippen molar-refractivity contribution in [2.24, 2.45) is 0 Å². The van der Waals surface area contributed by atoms with Crippen molar-refractivity contribution >= 4 is 29.1 Å². The highest BCUT2D eigenvalue weighted by Crippen LogP contribution is 2.29. The maximum Gasteiger partial charge on any atom is 0.254 e. The van der Waals surface area contributed by atoms with Crippen LogP contribution in [0, 0.1) is 13.8 Å². The second-order valence-electron chi connectivity index (χ2n) is 10.6. The first-order valence-electron chi connectivity index (χ1n) is 14.1. The van der Waals surface area contributed by atoms with Crippen LogP contribution in [0.15, 0.2) is 42.5 Å². The van der Waals surface area contributed by atoms with Crippen molar-refractivity contribution in [1.82, 2.24) is 20.1 Å². The van der Waals surface area contributed by atoms with Gasteiger partial charge < -0.3 is 29.3 Å². The monoisotopic (exact) mass is 592 g/mol. The van der Waals surface area contributed by atoms with Gasteiger partial charge in [-0.25, -0.2) is 4.98 Å². The van der Waals surface area contributed by atoms with Gasteiger partial charge >= 0.3 is 0 Å². The zero-order valence-corrected chi connectivity index (χ0v) is 25.2. The van der Waals surface area contributed by atoms with Gasteiger partial charge in [-0.15, -0.1) is 11.3 Å². The number of nitrogens with one attached hydrogen (secondary N) is 1. The molecule has 1 aromatic heterocycles. The second-order valence-corrected chi connectivity index (χ2v) is 11.9. The molecule has 222 valence electrons. The molecule has 3 aromatic rings. The molecular formula is C31H36N4O6S. The minimum absolute atomic E-state index is 0.0104. The number of likely N-dealkylation sites (tertiary alicyclic amines) is 1. The van der Waals surface area contributed by atoms with E-state index < -0.39 is 6.04 Å². The summed E-state index contributed by atoms with van der Waals surface area (Å²) in [5.41, 5.74) is 2.12. The van der Waals surface area contributed by atoms with Crippen molar-refractivity contribution in [2.45, 2.75) is 52.4 Å². The summed E-state index contributed by atoms with van der Waals surface area (Å²) in [5, 5.41) is 3.98. The first kappa shape index (κ1) is 29.5. The van der Waals surface area contributed by atoms with E-state index in [0.717, 1.165) is 21.1 Å². The highest BCUT2D eigenvalue weighted by atomic mass is 32.1. The molecule has 3 heterocycles. The van der Waals surface area contributed by atoms with Crippen LogP contribution >= 0.6 is 11.3 Å². The lowest BCUT2D eigenvalue weighted by atomic mass is 10.0. The fraction of sp³-hybridized carbons (Fsp3) is 0.419. The van der Waals surface area contributed by atoms with Crippen LogP contribution in [0.5, 0.6) is 17.2 Å². The number of hydrogen-bond acceptors (Lipinski definition) is 8. The number of hydrogen-bond donors (Lipinski definition) is 1. The lowest BCUT2D eigenvalue weighted by molar-refractivity contribution is -0.136. The summed E-state index contributed by atoms with van der Waals surface area (Å²) < 4.78 is 18.1. The van der Waals surface area contributed by atoms with E-state index in [9.17, 15) is 14.4 Å². The molecule has 4 bridgehead atoms. The van der Waals surface area contributed by atoms with Gasteiger partial charge in [0.2, 0.25) is 11.8 Å². The molecule has 1 fully saturated rings. The highest BCUT2D eigenvalue weighted by molar-refractivity contribution is 7.11. The number of aryl methyl sites for hydroxylation is 2. The van der Waals surface area contributed by atoms with Gasteiger partial charge in [0.25, 0.3) is 5.91 Å². The van der Waals surface area contributed by atoms with Crippen LogP contribution in [-0.2, 0) is 27.4 Å². The average Bonchev–Trinajstić information content (AvgIpc) is 3.27. The molecule has 2 aliphatic heterocycles. The quantitative estimate of drug-likeness (QED) is 0.490. The Morgan fingerprint density at radius 3 is 2.76 bits per heavy atom. The zero-order chi connectivity index (χ0) is 29.8. The molecule has 1 saturated heterocycles. The predicted molar refractivity (Wildman–Crippen MR) is 158 cm³/mol. The Morgan fingerprint density at radius 1 is 1.17 bits per heavy atom. The Labute approximate surface area is 249 Å². The van der Waals surface area contributed by atoms with Crippen LogP contribution in [0.3, 0.4) is 0 Å². The highest BCUT2D eigenvalue weighted by Gasteiger charge is 2.34. The molecule has 2 atom stereocenters. The third kappa shape index (κ3) is 7.08. The Bertz CT molecular complexity index is 1470. The number of rotatable bonds is 4. The molecule has 0 unspecified atom stereocenters. The number of likely N-dealkylation sites (N-methyl/N-ethyl adjacent to an activating group) is 1. The number of carbonyl (C=O) groups is 3. The van der Waals surface area contributed by atoms with Crippen molar-refractivity contribution in [3.63, 3.8) is 0 Å². The Kier molecular flexibility index (Phi) is 9.08. The van der Waals surface area contributed by atoms with Crippen molar-refractivity contribution in [3.05, 3.63) is 69.2 Å². The number of thiazole rings is 1. The molecule has 0 saturated carbocycles. The molecular weight excluding hydrogens is 556 g/mol. The van der Waals surface area contributed by atoms with Gasteiger partial charge in [0.15, 0.2) is 0 Å². The summed E-state index contributed by atoms with van der Waals surface area (Å²) >= 11 is 1.53. The summed E-state index contributed by atoms with van der Waals surface area (Å²) in [6, 6.07) is 12.1. The summed E-state index contributed by atoms with van der Waals surface area (Å²) in [5.74, 6) is 0.856. The van der Waals surface area contributed by atoms with Gasteiger partial charge in [-0.3, -0.25) is 14.4 Å². The van der Waals surface area contributed by atoms with Crippen LogP contribution in [0.25, 0.3) is 0 Å². The molecule has 3 amide bonds. The standard InChI is InChI=1S/C31H36N4O6S/c1-5-39-24-12-22-13-25(14-24)41-23-8-6-7-21(11-23)18-40-27-9-10-35(30(37)15-28-19(2)32-20(3)42-28)16-26(27)33-29(36)17-34(4)31(22)38/h6-8,11-14,26-27H,5,9-10,15-18H2,1-4H3,(H,33,36)/t26-,27+/m0/s1. The van der Waals surface area contributed by atoms with Gasteiger partial charge in [0, 0.05) is 36.6 Å². The van der Waals surface area contributed by atoms with Crippen LogP contribution in [0.2, 0.25) is 0 Å². The zero-order valence-electron chi connectivity index (χ0n) is 24.3. The summed E-state index contributed by atoms with van der Waals surface area (Å²) in [7, 11) is 1.58. The number of nitrogens with zero attached hydrogens (tertiary/aromatic N) is 3. The normalized spacial score (nSPS) is 19.5. The summed E-state index contributed by atoms with van der Waals surface area (Å²) in [4.78, 5) is 48.4. The number of aromatic nitrogens is 1. The van der Waals surface area contributed by atoms with Crippen molar-refractivity contribution < 1.29 is 28.6 Å². The van der Waals surface area contributed by atoms with Gasteiger partial charge in [0.1, 0.15) is 17.2 Å². The molecule has 10 nitrogen and oxygen atoms in total. The summed E-state index contributed by atoms with van der Waals surface area (Å²) in [6.07, 6.45) is 0.522. The fourth-order valence-corrected chi connectivity index (χ4v) is 6.21. The third-order valence-electron chi connectivity index (χ3n) is 7.32. The van der Waals surface area contributed by atoms with Gasteiger partial charge in [-0.1, -0.05) is 12.1 Å². The Hall–Kier alpha value is -3.96. The Balaban J connectivity index is 1.39. The SMILES string of the molecule is CCOc1cc2cc(c1)C(=O)N(C)CC(=O)N[C@H]1CN(C(=O)Cc3sc(C)nc3C)CC[C@H]1OCc1cccc(c1)O2. The van der Waals surface area contributed by atoms with Gasteiger partial charge in [0.05, 0.1) is 49.0 Å². The molecule has 0 spiro atoms. The number of piperidine rings is 1. The second kappa shape index (κ2) is 12.9. The van der Waals surface area contributed by atoms with Crippen LogP contribution in [0.1, 0.15) is 44.8 Å². The number of carbonyl (C=O) groups excluding carboxylic acids is 3. The first-order valence-corrected chi connectivity index (χ1v) is 14.9. The molecule has 0 radical (unpaired) electrons. The van der Waals surface area contributed by atoms with Gasteiger partial charge in [-0.2, -0.15) is 0 Å². The minimum Gasteiger partial charge on any atom is -0.494 e. The van der Waals surface area contributed by atoms with Crippen LogP contribution in [0.4, 0.5) is 0 Å². The van der Waals surface area contributed by atoms with E-state index >= 15 is 0 Å². The minimum atomic E-state index is -0.441. The number of ether oxygens (including phenoxy) is 3. The Morgan fingerprint density at radius 2 is 2.00 bits per heavy atom. The first-order chi connectivity index (χ1) is 20.2. The largest absolute Gasteiger partial charge is 0.494 e. The van der Waals surface area contributed by atoms with Crippen molar-refractivity contribution in [3.8, 4) is 17.2 Å². The lowest BCUT2D eigenvalue weighted by Gasteiger charge is -2.39. The average molecular weight is 593 g/mol. The van der Waals surface area contributed by atoms with E-state index in [1.165, 1.54) is 16.2 Å². The smallest absolute Gasteiger partial charge is 0.254 e. The van der Waals surface area contributed by atoms with Gasteiger partial charge in [-0.05, 0) is 57.0 Å². The van der Waals surface area contributed by atoms with E-state index in [1.54, 1.807) is 30.1 Å². The fourth-order valence-electron chi connectivity index (χ4n) is 5.28. The number of benzene rings is 2. The van der Waals surface area contributed by atoms with Crippen molar-refractivity contribution in [2.75, 3.05) is 33.3 Å². The molecule has 42 heavy (non-hydrogen) atoms. The molecule has 0 aliphatic carbocycles. The molecule has 1 N–H and O–H groups in total.